The average molecular weight is 498 g/mol. The molecule has 1 heterocycles. The molecule has 0 bridgehead atoms. The fraction of sp³-hybridized carbons (Fsp3) is 0.464. The van der Waals surface area contributed by atoms with Crippen LogP contribution in [0.2, 0.25) is 0 Å². The molecule has 1 unspecified atom stereocenters. The quantitative estimate of drug-likeness (QED) is 0.353. The first-order valence-corrected chi connectivity index (χ1v) is 12.6. The van der Waals surface area contributed by atoms with Gasteiger partial charge in [0.2, 0.25) is 11.8 Å². The number of carbonyl (C=O) groups excluding carboxylic acids is 3. The van der Waals surface area contributed by atoms with Crippen LogP contribution in [0, 0.1) is 0 Å². The number of nitrogens with zero attached hydrogens (tertiary/aromatic N) is 1. The van der Waals surface area contributed by atoms with Crippen molar-refractivity contribution in [3.63, 3.8) is 0 Å². The molecule has 2 aromatic rings. The lowest BCUT2D eigenvalue weighted by molar-refractivity contribution is -0.123. The number of rotatable bonds is 11. The van der Waals surface area contributed by atoms with E-state index in [0.29, 0.717) is 25.9 Å². The molecule has 2 amide bonds. The van der Waals surface area contributed by atoms with Gasteiger partial charge < -0.3 is 31.0 Å². The first kappa shape index (κ1) is 31.0. The third-order valence-electron chi connectivity index (χ3n) is 5.30. The van der Waals surface area contributed by atoms with Crippen LogP contribution in [0.1, 0.15) is 30.9 Å². The number of amides is 2. The SMILES string of the molecule is CN1CCCC1.CNCC(=O)NC(C)C=O.O=C(CNCc1ccccc1)NCCc1ccccc1. The highest BCUT2D eigenvalue weighted by atomic mass is 16.2. The molecule has 0 aliphatic carbocycles. The third-order valence-corrected chi connectivity index (χ3v) is 5.30. The van der Waals surface area contributed by atoms with Crippen LogP contribution in [-0.4, -0.2) is 75.9 Å². The van der Waals surface area contributed by atoms with Crippen molar-refractivity contribution >= 4 is 18.1 Å². The largest absolute Gasteiger partial charge is 0.355 e. The molecule has 1 aliphatic heterocycles. The zero-order valence-electron chi connectivity index (χ0n) is 22.0. The van der Waals surface area contributed by atoms with Gasteiger partial charge in [0.05, 0.1) is 19.1 Å². The summed E-state index contributed by atoms with van der Waals surface area (Å²) in [4.78, 5) is 34.7. The van der Waals surface area contributed by atoms with Gasteiger partial charge in [-0.1, -0.05) is 60.7 Å². The van der Waals surface area contributed by atoms with Crippen LogP contribution in [-0.2, 0) is 27.3 Å². The number of nitrogens with one attached hydrogen (secondary N) is 4. The van der Waals surface area contributed by atoms with Gasteiger partial charge in [0.1, 0.15) is 6.29 Å². The minimum absolute atomic E-state index is 0.0388. The van der Waals surface area contributed by atoms with Crippen molar-refractivity contribution in [2.45, 2.75) is 38.8 Å². The summed E-state index contributed by atoms with van der Waals surface area (Å²) in [5.41, 5.74) is 2.43. The van der Waals surface area contributed by atoms with Gasteiger partial charge in [0.15, 0.2) is 0 Å². The highest BCUT2D eigenvalue weighted by Crippen LogP contribution is 2.02. The monoisotopic (exact) mass is 497 g/mol. The van der Waals surface area contributed by atoms with E-state index in [1.165, 1.54) is 37.1 Å². The highest BCUT2D eigenvalue weighted by Gasteiger charge is 2.04. The maximum absolute atomic E-state index is 11.6. The predicted molar refractivity (Wildman–Crippen MR) is 146 cm³/mol. The van der Waals surface area contributed by atoms with E-state index in [1.54, 1.807) is 14.0 Å². The van der Waals surface area contributed by atoms with Crippen molar-refractivity contribution in [2.75, 3.05) is 46.8 Å². The van der Waals surface area contributed by atoms with E-state index in [1.807, 2.05) is 48.5 Å². The summed E-state index contributed by atoms with van der Waals surface area (Å²) in [6, 6.07) is 19.8. The number of likely N-dealkylation sites (N-methyl/N-ethyl adjacent to an activating group) is 1. The molecule has 36 heavy (non-hydrogen) atoms. The number of hydrogen-bond donors (Lipinski definition) is 4. The van der Waals surface area contributed by atoms with E-state index >= 15 is 0 Å². The summed E-state index contributed by atoms with van der Waals surface area (Å²) in [5.74, 6) is -0.126. The van der Waals surface area contributed by atoms with E-state index in [4.69, 9.17) is 0 Å². The Balaban J connectivity index is 0.000000335. The van der Waals surface area contributed by atoms with Gasteiger partial charge >= 0.3 is 0 Å². The van der Waals surface area contributed by atoms with Crippen molar-refractivity contribution in [3.8, 4) is 0 Å². The zero-order valence-corrected chi connectivity index (χ0v) is 22.0. The Hall–Kier alpha value is -3.07. The number of benzene rings is 2. The Morgan fingerprint density at radius 1 is 0.917 bits per heavy atom. The lowest BCUT2D eigenvalue weighted by Gasteiger charge is -2.07. The van der Waals surface area contributed by atoms with Gasteiger partial charge in [-0.05, 0) is 64.5 Å². The van der Waals surface area contributed by atoms with E-state index in [-0.39, 0.29) is 24.4 Å². The Labute approximate surface area is 216 Å². The van der Waals surface area contributed by atoms with Crippen molar-refractivity contribution in [2.24, 2.45) is 0 Å². The summed E-state index contributed by atoms with van der Waals surface area (Å²) in [6.45, 7) is 6.26. The molecule has 0 spiro atoms. The Bertz CT molecular complexity index is 795. The molecule has 8 heteroatoms. The van der Waals surface area contributed by atoms with E-state index in [0.717, 1.165) is 6.42 Å². The number of carbonyl (C=O) groups is 3. The number of hydrogen-bond acceptors (Lipinski definition) is 6. The van der Waals surface area contributed by atoms with Gasteiger partial charge in [0.25, 0.3) is 0 Å². The molecule has 1 atom stereocenters. The molecule has 1 aliphatic rings. The van der Waals surface area contributed by atoms with Gasteiger partial charge in [0, 0.05) is 13.1 Å². The first-order valence-electron chi connectivity index (χ1n) is 12.6. The lowest BCUT2D eigenvalue weighted by atomic mass is 10.1. The standard InChI is InChI=1S/C17H20N2O.C6H12N2O2.C5H11N/c20-17(14-18-13-16-9-5-2-6-10-16)19-12-11-15-7-3-1-4-8-15;1-5(4-9)8-6(10)3-7-2;1-6-4-2-3-5-6/h1-10,18H,11-14H2,(H,19,20);4-5,7H,3H2,1-2H3,(H,8,10);2-5H2,1H3. The van der Waals surface area contributed by atoms with Crippen molar-refractivity contribution < 1.29 is 14.4 Å². The Kier molecular flexibility index (Phi) is 17.3. The predicted octanol–water partition coefficient (Wildman–Crippen LogP) is 1.76. The van der Waals surface area contributed by atoms with Crippen LogP contribution >= 0.6 is 0 Å². The van der Waals surface area contributed by atoms with E-state index in [2.05, 4.69) is 45.3 Å². The molecular weight excluding hydrogens is 454 g/mol. The smallest absolute Gasteiger partial charge is 0.234 e. The summed E-state index contributed by atoms with van der Waals surface area (Å²) < 4.78 is 0. The second kappa shape index (κ2) is 20.2. The Morgan fingerprint density at radius 2 is 1.50 bits per heavy atom. The highest BCUT2D eigenvalue weighted by molar-refractivity contribution is 5.81. The van der Waals surface area contributed by atoms with Crippen molar-refractivity contribution in [3.05, 3.63) is 71.8 Å². The molecule has 2 aromatic carbocycles. The second-order valence-electron chi connectivity index (χ2n) is 8.71. The minimum atomic E-state index is -0.388. The molecular formula is C28H43N5O3. The first-order chi connectivity index (χ1) is 17.4. The number of aldehydes is 1. The van der Waals surface area contributed by atoms with Gasteiger partial charge in [-0.15, -0.1) is 0 Å². The van der Waals surface area contributed by atoms with Gasteiger partial charge in [-0.2, -0.15) is 0 Å². The summed E-state index contributed by atoms with van der Waals surface area (Å²) >= 11 is 0. The van der Waals surface area contributed by atoms with E-state index < -0.39 is 0 Å². The number of likely N-dealkylation sites (tertiary alicyclic amines) is 1. The van der Waals surface area contributed by atoms with Crippen molar-refractivity contribution in [1.82, 2.24) is 26.2 Å². The molecule has 4 N–H and O–H groups in total. The molecule has 8 nitrogen and oxygen atoms in total. The van der Waals surface area contributed by atoms with Crippen LogP contribution in [0.15, 0.2) is 60.7 Å². The molecule has 3 rings (SSSR count). The molecule has 0 aromatic heterocycles. The average Bonchev–Trinajstić information content (AvgIpc) is 3.37. The van der Waals surface area contributed by atoms with Crippen LogP contribution in [0.3, 0.4) is 0 Å². The van der Waals surface area contributed by atoms with Crippen LogP contribution in [0.4, 0.5) is 0 Å². The fourth-order valence-electron chi connectivity index (χ4n) is 3.34. The molecule has 0 radical (unpaired) electrons. The molecule has 1 saturated heterocycles. The fourth-order valence-corrected chi connectivity index (χ4v) is 3.34. The maximum atomic E-state index is 11.6. The van der Waals surface area contributed by atoms with E-state index in [9.17, 15) is 14.4 Å². The van der Waals surface area contributed by atoms with Gasteiger partial charge in [-0.3, -0.25) is 9.59 Å². The van der Waals surface area contributed by atoms with Crippen molar-refractivity contribution in [1.29, 1.82) is 0 Å². The lowest BCUT2D eigenvalue weighted by Crippen LogP contribution is -2.38. The Morgan fingerprint density at radius 3 is 2.00 bits per heavy atom. The molecule has 198 valence electrons. The maximum Gasteiger partial charge on any atom is 0.234 e. The van der Waals surface area contributed by atoms with Crippen LogP contribution in [0.5, 0.6) is 0 Å². The normalized spacial score (nSPS) is 13.3. The van der Waals surface area contributed by atoms with Crippen LogP contribution < -0.4 is 21.3 Å². The zero-order chi connectivity index (χ0) is 26.4. The van der Waals surface area contributed by atoms with Crippen LogP contribution in [0.25, 0.3) is 0 Å². The summed E-state index contributed by atoms with van der Waals surface area (Å²) in [5, 5.41) is 11.2. The topological polar surface area (TPSA) is 103 Å². The summed E-state index contributed by atoms with van der Waals surface area (Å²) in [7, 11) is 3.85. The summed E-state index contributed by atoms with van der Waals surface area (Å²) in [6.07, 6.45) is 4.38. The van der Waals surface area contributed by atoms with Gasteiger partial charge in [-0.25, -0.2) is 0 Å². The minimum Gasteiger partial charge on any atom is -0.355 e. The molecule has 0 saturated carbocycles. The molecule has 1 fully saturated rings. The third kappa shape index (κ3) is 16.5. The second-order valence-corrected chi connectivity index (χ2v) is 8.71.